The van der Waals surface area contributed by atoms with Crippen molar-refractivity contribution in [3.8, 4) is 0 Å². The van der Waals surface area contributed by atoms with Gasteiger partial charge in [0.1, 0.15) is 0 Å². The van der Waals surface area contributed by atoms with Crippen LogP contribution in [0.25, 0.3) is 0 Å². The lowest BCUT2D eigenvalue weighted by Gasteiger charge is -2.10. The third-order valence-electron chi connectivity index (χ3n) is 4.04. The number of ether oxygens (including phenoxy) is 1. The van der Waals surface area contributed by atoms with E-state index in [0.717, 1.165) is 18.2 Å². The smallest absolute Gasteiger partial charge is 0.311 e. The Bertz CT molecular complexity index is 849. The van der Waals surface area contributed by atoms with Crippen LogP contribution in [0.3, 0.4) is 0 Å². The van der Waals surface area contributed by atoms with Gasteiger partial charge < -0.3 is 15.0 Å². The Labute approximate surface area is 161 Å². The van der Waals surface area contributed by atoms with Crippen LogP contribution in [0.4, 0.5) is 5.69 Å². The molecule has 0 aliphatic carbocycles. The first-order valence-electron chi connectivity index (χ1n) is 8.61. The van der Waals surface area contributed by atoms with Gasteiger partial charge in [-0.25, -0.2) is 4.98 Å². The first kappa shape index (κ1) is 20.7. The number of carbonyl (C=O) groups excluding carboxylic acids is 2. The quantitative estimate of drug-likeness (QED) is 0.409. The van der Waals surface area contributed by atoms with E-state index in [9.17, 15) is 14.4 Å². The van der Waals surface area contributed by atoms with Gasteiger partial charge >= 0.3 is 5.97 Å². The number of nitrogens with one attached hydrogen (secondary N) is 2. The Hall–Kier alpha value is -2.61. The summed E-state index contributed by atoms with van der Waals surface area (Å²) in [6, 6.07) is 9.00. The molecular weight excluding hydrogens is 366 g/mol. The van der Waals surface area contributed by atoms with Gasteiger partial charge in [0, 0.05) is 11.8 Å². The number of hydrogen-bond acceptors (Lipinski definition) is 6. The van der Waals surface area contributed by atoms with Gasteiger partial charge in [0.2, 0.25) is 5.91 Å². The van der Waals surface area contributed by atoms with Crippen molar-refractivity contribution in [2.24, 2.45) is 0 Å². The lowest BCUT2D eigenvalue weighted by Crippen LogP contribution is -2.17. The Kier molecular flexibility index (Phi) is 7.60. The summed E-state index contributed by atoms with van der Waals surface area (Å²) >= 11 is 1.09. The lowest BCUT2D eigenvalue weighted by atomic mass is 9.99. The first-order valence-corrected chi connectivity index (χ1v) is 9.59. The van der Waals surface area contributed by atoms with E-state index in [1.165, 1.54) is 18.7 Å². The number of aromatic amines is 1. The van der Waals surface area contributed by atoms with Crippen molar-refractivity contribution >= 4 is 29.3 Å². The van der Waals surface area contributed by atoms with E-state index in [0.29, 0.717) is 17.3 Å². The molecule has 7 nitrogen and oxygen atoms in total. The van der Waals surface area contributed by atoms with Crippen molar-refractivity contribution in [3.05, 3.63) is 51.9 Å². The molecule has 27 heavy (non-hydrogen) atoms. The average molecular weight is 389 g/mol. The van der Waals surface area contributed by atoms with Gasteiger partial charge in [-0.1, -0.05) is 37.7 Å². The Morgan fingerprint density at radius 1 is 1.30 bits per heavy atom. The predicted molar refractivity (Wildman–Crippen MR) is 105 cm³/mol. The van der Waals surface area contributed by atoms with Crippen molar-refractivity contribution in [1.82, 2.24) is 9.97 Å². The highest BCUT2D eigenvalue weighted by Gasteiger charge is 2.10. The van der Waals surface area contributed by atoms with E-state index >= 15 is 0 Å². The number of hydrogen-bond donors (Lipinski definition) is 2. The monoisotopic (exact) mass is 389 g/mol. The van der Waals surface area contributed by atoms with E-state index in [-0.39, 0.29) is 28.8 Å². The fourth-order valence-electron chi connectivity index (χ4n) is 2.32. The normalized spacial score (nSPS) is 11.7. The van der Waals surface area contributed by atoms with Gasteiger partial charge in [0.05, 0.1) is 25.0 Å². The van der Waals surface area contributed by atoms with Crippen LogP contribution >= 0.6 is 11.8 Å². The molecule has 1 amide bonds. The van der Waals surface area contributed by atoms with E-state index < -0.39 is 5.97 Å². The minimum absolute atomic E-state index is 0.0811. The second-order valence-corrected chi connectivity index (χ2v) is 7.03. The van der Waals surface area contributed by atoms with Gasteiger partial charge in [-0.3, -0.25) is 14.4 Å². The number of anilines is 1. The molecule has 0 unspecified atom stereocenters. The number of benzene rings is 1. The number of amides is 1. The molecule has 2 aromatic rings. The summed E-state index contributed by atoms with van der Waals surface area (Å²) in [5, 5.41) is 3.09. The van der Waals surface area contributed by atoms with Crippen LogP contribution in [-0.4, -0.2) is 34.7 Å². The molecular formula is C19H23N3O4S. The zero-order valence-corrected chi connectivity index (χ0v) is 16.4. The highest BCUT2D eigenvalue weighted by atomic mass is 32.2. The minimum atomic E-state index is -0.484. The molecule has 0 aliphatic heterocycles. The molecule has 144 valence electrons. The predicted octanol–water partition coefficient (Wildman–Crippen LogP) is 2.73. The molecule has 0 saturated heterocycles. The SMILES string of the molecule is CC[C@H](C)c1ccc(NC(=O)CSc2nc(CC(=O)OC)cc(=O)[nH]2)cc1. The maximum Gasteiger partial charge on any atom is 0.311 e. The van der Waals surface area contributed by atoms with Crippen LogP contribution in [0.1, 0.15) is 37.4 Å². The van der Waals surface area contributed by atoms with Crippen LogP contribution in [0.15, 0.2) is 40.3 Å². The fraction of sp³-hybridized carbons (Fsp3) is 0.368. The summed E-state index contributed by atoms with van der Waals surface area (Å²) in [6.07, 6.45) is 0.964. The third-order valence-corrected chi connectivity index (χ3v) is 4.92. The van der Waals surface area contributed by atoms with E-state index in [4.69, 9.17) is 0 Å². The van der Waals surface area contributed by atoms with Gasteiger partial charge in [-0.15, -0.1) is 0 Å². The second kappa shape index (κ2) is 9.91. The standard InChI is InChI=1S/C19H23N3O4S/c1-4-12(2)13-5-7-14(8-6-13)20-17(24)11-27-19-21-15(9-16(23)22-19)10-18(25)26-3/h5-9,12H,4,10-11H2,1-3H3,(H,20,24)(H,21,22,23)/t12-/m0/s1. The molecule has 0 saturated carbocycles. The molecule has 8 heteroatoms. The van der Waals surface area contributed by atoms with Crippen LogP contribution in [-0.2, 0) is 20.7 Å². The second-order valence-electron chi connectivity index (χ2n) is 6.06. The molecule has 0 aliphatic rings. The van der Waals surface area contributed by atoms with E-state index in [1.54, 1.807) is 0 Å². The van der Waals surface area contributed by atoms with E-state index in [1.807, 2.05) is 24.3 Å². The summed E-state index contributed by atoms with van der Waals surface area (Å²) < 4.78 is 4.57. The number of thioether (sulfide) groups is 1. The molecule has 2 N–H and O–H groups in total. The van der Waals surface area contributed by atoms with Gasteiger partial charge in [0.25, 0.3) is 5.56 Å². The molecule has 1 atom stereocenters. The average Bonchev–Trinajstić information content (AvgIpc) is 2.65. The molecule has 0 radical (unpaired) electrons. The van der Waals surface area contributed by atoms with Gasteiger partial charge in [-0.05, 0) is 30.0 Å². The largest absolute Gasteiger partial charge is 0.469 e. The summed E-state index contributed by atoms with van der Waals surface area (Å²) in [5.74, 6) is -0.136. The molecule has 0 spiro atoms. The lowest BCUT2D eigenvalue weighted by molar-refractivity contribution is -0.139. The van der Waals surface area contributed by atoms with Gasteiger partial charge in [0.15, 0.2) is 5.16 Å². The van der Waals surface area contributed by atoms with Crippen LogP contribution < -0.4 is 10.9 Å². The molecule has 1 heterocycles. The Balaban J connectivity index is 1.93. The van der Waals surface area contributed by atoms with Crippen LogP contribution in [0.2, 0.25) is 0 Å². The molecule has 1 aromatic heterocycles. The highest BCUT2D eigenvalue weighted by Crippen LogP contribution is 2.20. The van der Waals surface area contributed by atoms with Crippen molar-refractivity contribution < 1.29 is 14.3 Å². The van der Waals surface area contributed by atoms with Crippen LogP contribution in [0, 0.1) is 0 Å². The molecule has 0 bridgehead atoms. The summed E-state index contributed by atoms with van der Waals surface area (Å²) in [5.41, 5.74) is 1.87. The zero-order chi connectivity index (χ0) is 19.8. The number of esters is 1. The number of methoxy groups -OCH3 is 1. The topological polar surface area (TPSA) is 101 Å². The maximum atomic E-state index is 12.1. The third kappa shape index (κ3) is 6.56. The number of aromatic nitrogens is 2. The Morgan fingerprint density at radius 3 is 2.63 bits per heavy atom. The molecule has 2 rings (SSSR count). The number of nitrogens with zero attached hydrogens (tertiary/aromatic N) is 1. The zero-order valence-electron chi connectivity index (χ0n) is 15.6. The number of H-pyrrole nitrogens is 1. The van der Waals surface area contributed by atoms with Crippen molar-refractivity contribution in [2.45, 2.75) is 37.8 Å². The van der Waals surface area contributed by atoms with Crippen LogP contribution in [0.5, 0.6) is 0 Å². The fourth-order valence-corrected chi connectivity index (χ4v) is 3.02. The Morgan fingerprint density at radius 2 is 2.00 bits per heavy atom. The number of carbonyl (C=O) groups is 2. The summed E-state index contributed by atoms with van der Waals surface area (Å²) in [4.78, 5) is 41.8. The molecule has 0 fully saturated rings. The van der Waals surface area contributed by atoms with Crippen molar-refractivity contribution in [3.63, 3.8) is 0 Å². The van der Waals surface area contributed by atoms with Gasteiger partial charge in [-0.2, -0.15) is 0 Å². The summed E-state index contributed by atoms with van der Waals surface area (Å²) in [6.45, 7) is 4.29. The van der Waals surface area contributed by atoms with Crippen molar-refractivity contribution in [2.75, 3.05) is 18.2 Å². The summed E-state index contributed by atoms with van der Waals surface area (Å²) in [7, 11) is 1.27. The highest BCUT2D eigenvalue weighted by molar-refractivity contribution is 7.99. The number of rotatable bonds is 8. The maximum absolute atomic E-state index is 12.1. The minimum Gasteiger partial charge on any atom is -0.469 e. The van der Waals surface area contributed by atoms with Crippen molar-refractivity contribution in [1.29, 1.82) is 0 Å². The van der Waals surface area contributed by atoms with E-state index in [2.05, 4.69) is 33.9 Å². The first-order chi connectivity index (χ1) is 12.9. The molecule has 1 aromatic carbocycles.